The Morgan fingerprint density at radius 1 is 0.491 bits per heavy atom. The summed E-state index contributed by atoms with van der Waals surface area (Å²) in [6.45, 7) is 11.3. The zero-order valence-corrected chi connectivity index (χ0v) is 35.7. The molecule has 0 aromatic carbocycles. The van der Waals surface area contributed by atoms with Crippen molar-refractivity contribution >= 4 is 18.3 Å². The molecule has 314 valence electrons. The smallest absolute Gasteiger partial charge is 0.306 e. The average Bonchev–Trinajstić information content (AvgIpc) is 3.15. The molecule has 0 bridgehead atoms. The maximum absolute atomic E-state index is 12.8. The average molecular weight is 751 g/mol. The Morgan fingerprint density at radius 2 is 0.887 bits per heavy atom. The molecule has 0 aromatic rings. The van der Waals surface area contributed by atoms with Gasteiger partial charge in [-0.15, -0.1) is 0 Å². The van der Waals surface area contributed by atoms with Gasteiger partial charge in [-0.2, -0.15) is 0 Å². The second kappa shape index (κ2) is 43.1. The molecule has 0 aliphatic heterocycles. The second-order valence-corrected chi connectivity index (χ2v) is 15.9. The van der Waals surface area contributed by atoms with E-state index in [4.69, 9.17) is 9.47 Å². The first-order valence-electron chi connectivity index (χ1n) is 23.3. The van der Waals surface area contributed by atoms with Gasteiger partial charge in [0.25, 0.3) is 0 Å². The number of esters is 2. The van der Waals surface area contributed by atoms with Crippen LogP contribution in [0.2, 0.25) is 0 Å². The minimum Gasteiger partial charge on any atom is -0.466 e. The lowest BCUT2D eigenvalue weighted by molar-refractivity contribution is -0.150. The molecule has 0 fully saturated rings. The molecular formula is C46H90N2O5. The highest BCUT2D eigenvalue weighted by atomic mass is 16.5. The van der Waals surface area contributed by atoms with Crippen molar-refractivity contribution < 1.29 is 23.9 Å². The maximum atomic E-state index is 12.8. The first-order chi connectivity index (χ1) is 26.1. The van der Waals surface area contributed by atoms with Gasteiger partial charge in [0.05, 0.1) is 6.61 Å². The van der Waals surface area contributed by atoms with Crippen LogP contribution in [0.25, 0.3) is 0 Å². The van der Waals surface area contributed by atoms with Crippen LogP contribution in [0.5, 0.6) is 0 Å². The molecule has 0 saturated carbocycles. The van der Waals surface area contributed by atoms with Gasteiger partial charge < -0.3 is 19.7 Å². The van der Waals surface area contributed by atoms with E-state index in [1.807, 2.05) is 0 Å². The normalized spacial score (nSPS) is 11.4. The van der Waals surface area contributed by atoms with Crippen molar-refractivity contribution in [3.63, 3.8) is 0 Å². The lowest BCUT2D eigenvalue weighted by atomic mass is 10.0. The fourth-order valence-electron chi connectivity index (χ4n) is 7.20. The van der Waals surface area contributed by atoms with Crippen LogP contribution in [-0.2, 0) is 23.9 Å². The number of rotatable bonds is 44. The molecule has 0 spiro atoms. The van der Waals surface area contributed by atoms with Gasteiger partial charge in [0.1, 0.15) is 6.10 Å². The molecule has 1 N–H and O–H groups in total. The van der Waals surface area contributed by atoms with Crippen LogP contribution < -0.4 is 5.32 Å². The van der Waals surface area contributed by atoms with Gasteiger partial charge in [-0.1, -0.05) is 162 Å². The number of nitrogens with one attached hydrogen (secondary N) is 1. The molecule has 7 nitrogen and oxygen atoms in total. The fourth-order valence-corrected chi connectivity index (χ4v) is 7.20. The zero-order chi connectivity index (χ0) is 38.7. The number of hydrogen-bond acceptors (Lipinski definition) is 6. The summed E-state index contributed by atoms with van der Waals surface area (Å²) in [7, 11) is 0. The van der Waals surface area contributed by atoms with Crippen molar-refractivity contribution in [1.82, 2.24) is 10.2 Å². The van der Waals surface area contributed by atoms with Gasteiger partial charge in [-0.3, -0.25) is 14.4 Å². The molecule has 0 radical (unpaired) electrons. The van der Waals surface area contributed by atoms with Crippen LogP contribution in [-0.4, -0.2) is 62.1 Å². The van der Waals surface area contributed by atoms with Crippen molar-refractivity contribution in [2.45, 2.75) is 245 Å². The van der Waals surface area contributed by atoms with E-state index in [2.05, 4.69) is 31.0 Å². The topological polar surface area (TPSA) is 84.9 Å². The van der Waals surface area contributed by atoms with Crippen molar-refractivity contribution in [3.8, 4) is 0 Å². The van der Waals surface area contributed by atoms with E-state index in [1.165, 1.54) is 141 Å². The largest absolute Gasteiger partial charge is 0.466 e. The van der Waals surface area contributed by atoms with Crippen molar-refractivity contribution in [2.75, 3.05) is 32.8 Å². The molecular weight excluding hydrogens is 661 g/mol. The Bertz CT molecular complexity index is 763. The summed E-state index contributed by atoms with van der Waals surface area (Å²) >= 11 is 0. The molecule has 0 atom stereocenters. The third kappa shape index (κ3) is 39.9. The predicted molar refractivity (Wildman–Crippen MR) is 225 cm³/mol. The molecule has 0 unspecified atom stereocenters. The monoisotopic (exact) mass is 751 g/mol. The minimum absolute atomic E-state index is 0.0146. The Balaban J connectivity index is 4.16. The highest BCUT2D eigenvalue weighted by Crippen LogP contribution is 2.18. The number of hydrogen-bond donors (Lipinski definition) is 1. The summed E-state index contributed by atoms with van der Waals surface area (Å²) in [5.41, 5.74) is 0. The summed E-state index contributed by atoms with van der Waals surface area (Å²) in [4.78, 5) is 38.0. The lowest BCUT2D eigenvalue weighted by Gasteiger charge is -2.22. The van der Waals surface area contributed by atoms with Crippen molar-refractivity contribution in [2.24, 2.45) is 0 Å². The van der Waals surface area contributed by atoms with E-state index in [1.54, 1.807) is 0 Å². The summed E-state index contributed by atoms with van der Waals surface area (Å²) in [6.07, 6.45) is 40.1. The number of amides is 1. The molecule has 7 heteroatoms. The molecule has 1 amide bonds. The van der Waals surface area contributed by atoms with Crippen molar-refractivity contribution in [1.29, 1.82) is 0 Å². The molecule has 0 heterocycles. The van der Waals surface area contributed by atoms with Gasteiger partial charge >= 0.3 is 11.9 Å². The molecule has 0 saturated heterocycles. The quantitative estimate of drug-likeness (QED) is 0.0379. The molecule has 53 heavy (non-hydrogen) atoms. The SMILES string of the molecule is CCCCCCCCCOC(=O)CCCCCCCN(CCCCCCCC(=O)OC(CCCCCCCC)CCCCCCCC)CCCNC=O. The number of unbranched alkanes of at least 4 members (excludes halogenated alkanes) is 24. The summed E-state index contributed by atoms with van der Waals surface area (Å²) in [5.74, 6) is -0.0157. The Kier molecular flexibility index (Phi) is 41.8. The van der Waals surface area contributed by atoms with E-state index < -0.39 is 0 Å². The first kappa shape index (κ1) is 51.4. The van der Waals surface area contributed by atoms with E-state index in [9.17, 15) is 14.4 Å². The third-order valence-electron chi connectivity index (χ3n) is 10.7. The Labute approximate surface area is 329 Å². The second-order valence-electron chi connectivity index (χ2n) is 15.9. The molecule has 0 aliphatic rings. The number of nitrogens with zero attached hydrogens (tertiary/aromatic N) is 1. The minimum atomic E-state index is -0.0303. The number of carbonyl (C=O) groups is 3. The van der Waals surface area contributed by atoms with Gasteiger partial charge in [-0.25, -0.2) is 0 Å². The molecule has 0 aromatic heterocycles. The zero-order valence-electron chi connectivity index (χ0n) is 35.7. The van der Waals surface area contributed by atoms with Crippen LogP contribution in [0.1, 0.15) is 239 Å². The highest BCUT2D eigenvalue weighted by Gasteiger charge is 2.14. The van der Waals surface area contributed by atoms with Crippen LogP contribution in [0.4, 0.5) is 0 Å². The van der Waals surface area contributed by atoms with Crippen LogP contribution >= 0.6 is 0 Å². The van der Waals surface area contributed by atoms with E-state index in [0.717, 1.165) is 96.8 Å². The summed E-state index contributed by atoms with van der Waals surface area (Å²) < 4.78 is 11.5. The van der Waals surface area contributed by atoms with Crippen LogP contribution in [0, 0.1) is 0 Å². The van der Waals surface area contributed by atoms with E-state index in [0.29, 0.717) is 19.4 Å². The summed E-state index contributed by atoms with van der Waals surface area (Å²) in [6, 6.07) is 0. The Morgan fingerprint density at radius 3 is 1.38 bits per heavy atom. The van der Waals surface area contributed by atoms with Crippen LogP contribution in [0.15, 0.2) is 0 Å². The number of carbonyl (C=O) groups excluding carboxylic acids is 3. The van der Waals surface area contributed by atoms with Crippen molar-refractivity contribution in [3.05, 3.63) is 0 Å². The first-order valence-corrected chi connectivity index (χ1v) is 23.3. The predicted octanol–water partition coefficient (Wildman–Crippen LogP) is 12.8. The molecule has 0 rings (SSSR count). The van der Waals surface area contributed by atoms with E-state index >= 15 is 0 Å². The van der Waals surface area contributed by atoms with E-state index in [-0.39, 0.29) is 18.0 Å². The van der Waals surface area contributed by atoms with Gasteiger partial charge in [0.15, 0.2) is 0 Å². The summed E-state index contributed by atoms with van der Waals surface area (Å²) in [5, 5.41) is 2.80. The van der Waals surface area contributed by atoms with Gasteiger partial charge in [0.2, 0.25) is 6.41 Å². The molecule has 0 aliphatic carbocycles. The lowest BCUT2D eigenvalue weighted by Crippen LogP contribution is -2.29. The van der Waals surface area contributed by atoms with Crippen LogP contribution in [0.3, 0.4) is 0 Å². The standard InChI is InChI=1S/C46H90N2O5/c1-4-7-10-13-16-25-32-42-52-45(50)36-28-21-17-23-30-39-48(41-33-38-47-43-49)40-31-24-18-22-29-37-46(51)53-44(34-26-19-14-11-8-5-2)35-27-20-15-12-9-6-3/h43-44H,4-42H2,1-3H3,(H,47,49). The Hall–Kier alpha value is -1.63. The highest BCUT2D eigenvalue weighted by molar-refractivity contribution is 5.69. The van der Waals surface area contributed by atoms with Gasteiger partial charge in [-0.05, 0) is 83.8 Å². The third-order valence-corrected chi connectivity index (χ3v) is 10.7. The fraction of sp³-hybridized carbons (Fsp3) is 0.935. The number of ether oxygens (including phenoxy) is 2. The maximum Gasteiger partial charge on any atom is 0.306 e. The van der Waals surface area contributed by atoms with Gasteiger partial charge in [0, 0.05) is 19.4 Å².